The van der Waals surface area contributed by atoms with Crippen LogP contribution in [0.25, 0.3) is 0 Å². The Balaban J connectivity index is 1.94. The number of methoxy groups -OCH3 is 1. The number of halogens is 1. The van der Waals surface area contributed by atoms with Crippen LogP contribution in [0.5, 0.6) is 5.88 Å². The van der Waals surface area contributed by atoms with Gasteiger partial charge in [-0.1, -0.05) is 11.6 Å². The molecule has 0 spiro atoms. The second kappa shape index (κ2) is 7.53. The monoisotopic (exact) mass is 352 g/mol. The second-order valence-electron chi connectivity index (χ2n) is 6.34. The summed E-state index contributed by atoms with van der Waals surface area (Å²) in [5.41, 5.74) is 1.38. The van der Waals surface area contributed by atoms with Crippen LogP contribution < -0.4 is 10.1 Å². The number of carbonyl (C=O) groups excluding carboxylic acids is 1. The quantitative estimate of drug-likeness (QED) is 0.837. The van der Waals surface area contributed by atoms with Crippen molar-refractivity contribution in [2.75, 3.05) is 7.11 Å². The molecule has 0 fully saturated rings. The summed E-state index contributed by atoms with van der Waals surface area (Å²) in [6.45, 7) is 6.33. The Labute approximate surface area is 145 Å². The fraction of sp³-hybridized carbons (Fsp3) is 0.438. The number of alkyl carbamates (subject to hydrolysis) is 1. The first-order valence-electron chi connectivity index (χ1n) is 7.42. The minimum absolute atomic E-state index is 0.155. The minimum atomic E-state index is -0.457. The van der Waals surface area contributed by atoms with Gasteiger partial charge in [0.1, 0.15) is 11.8 Å². The van der Waals surface area contributed by atoms with E-state index in [-0.39, 0.29) is 12.1 Å². The lowest BCUT2D eigenvalue weighted by atomic mass is 10.1. The molecule has 0 aromatic carbocycles. The maximum Gasteiger partial charge on any atom is 0.407 e. The molecule has 0 aliphatic rings. The summed E-state index contributed by atoms with van der Waals surface area (Å²) in [6.07, 6.45) is 3.01. The molecule has 0 aliphatic heterocycles. The molecule has 2 aromatic heterocycles. The normalized spacial score (nSPS) is 11.2. The van der Waals surface area contributed by atoms with Crippen LogP contribution in [0.2, 0.25) is 5.15 Å². The van der Waals surface area contributed by atoms with Gasteiger partial charge in [-0.3, -0.25) is 4.68 Å². The fourth-order valence-electron chi connectivity index (χ4n) is 1.96. The number of rotatable bonds is 5. The van der Waals surface area contributed by atoms with Gasteiger partial charge in [0.15, 0.2) is 0 Å². The van der Waals surface area contributed by atoms with Gasteiger partial charge in [-0.15, -0.1) is 0 Å². The van der Waals surface area contributed by atoms with E-state index in [2.05, 4.69) is 15.4 Å². The lowest BCUT2D eigenvalue weighted by molar-refractivity contribution is 0.131. The third kappa shape index (κ3) is 5.73. The van der Waals surface area contributed by atoms with Crippen LogP contribution in [-0.2, 0) is 17.9 Å². The molecule has 1 amide bonds. The molecule has 0 saturated carbocycles. The highest BCUT2D eigenvalue weighted by molar-refractivity contribution is 6.29. The van der Waals surface area contributed by atoms with Crippen LogP contribution in [-0.4, -0.2) is 33.5 Å². The fourth-order valence-corrected chi connectivity index (χ4v) is 2.19. The number of amides is 1. The Hall–Kier alpha value is -2.28. The molecule has 2 heterocycles. The third-order valence-electron chi connectivity index (χ3n) is 2.92. The Kier molecular flexibility index (Phi) is 5.66. The van der Waals surface area contributed by atoms with Crippen molar-refractivity contribution in [2.45, 2.75) is 39.5 Å². The summed E-state index contributed by atoms with van der Waals surface area (Å²) in [4.78, 5) is 15.7. The smallest absolute Gasteiger partial charge is 0.407 e. The maximum absolute atomic E-state index is 11.6. The van der Waals surface area contributed by atoms with Crippen LogP contribution in [0, 0.1) is 0 Å². The van der Waals surface area contributed by atoms with Gasteiger partial charge in [0.05, 0.1) is 19.9 Å². The van der Waals surface area contributed by atoms with Crippen molar-refractivity contribution in [1.82, 2.24) is 20.1 Å². The summed E-state index contributed by atoms with van der Waals surface area (Å²) < 4.78 is 12.0. The number of aromatic nitrogens is 3. The maximum atomic E-state index is 11.6. The molecule has 7 nitrogen and oxygen atoms in total. The van der Waals surface area contributed by atoms with E-state index in [1.807, 2.05) is 27.0 Å². The number of pyridine rings is 1. The van der Waals surface area contributed by atoms with Gasteiger partial charge >= 0.3 is 6.09 Å². The molecule has 24 heavy (non-hydrogen) atoms. The first-order chi connectivity index (χ1) is 11.2. The van der Waals surface area contributed by atoms with E-state index in [0.29, 0.717) is 17.6 Å². The lowest BCUT2D eigenvalue weighted by Gasteiger charge is -2.19. The minimum Gasteiger partial charge on any atom is -0.481 e. The van der Waals surface area contributed by atoms with Crippen LogP contribution >= 0.6 is 11.6 Å². The standard InChI is InChI=1S/C16H21ClN4O3/c1-16(2,3)20-15(22)24-10-12-7-18-21(9-12)8-11-5-13(17)19-14(6-11)23-4/h5-7,9H,8,10H2,1-4H3,(H,20,22). The zero-order valence-corrected chi connectivity index (χ0v) is 14.9. The van der Waals surface area contributed by atoms with E-state index in [1.165, 1.54) is 7.11 Å². The van der Waals surface area contributed by atoms with Gasteiger partial charge < -0.3 is 14.8 Å². The van der Waals surface area contributed by atoms with Crippen molar-refractivity contribution in [3.05, 3.63) is 40.8 Å². The first-order valence-corrected chi connectivity index (χ1v) is 7.80. The molecule has 0 bridgehead atoms. The van der Waals surface area contributed by atoms with Gasteiger partial charge in [-0.2, -0.15) is 5.10 Å². The van der Waals surface area contributed by atoms with Crippen molar-refractivity contribution < 1.29 is 14.3 Å². The van der Waals surface area contributed by atoms with Gasteiger partial charge in [0.25, 0.3) is 0 Å². The van der Waals surface area contributed by atoms with Crippen molar-refractivity contribution in [3.8, 4) is 5.88 Å². The molecule has 0 unspecified atom stereocenters. The molecule has 130 valence electrons. The van der Waals surface area contributed by atoms with Crippen LogP contribution in [0.1, 0.15) is 31.9 Å². The summed E-state index contributed by atoms with van der Waals surface area (Å²) in [5, 5.41) is 7.34. The van der Waals surface area contributed by atoms with E-state index in [4.69, 9.17) is 21.1 Å². The van der Waals surface area contributed by atoms with E-state index < -0.39 is 6.09 Å². The summed E-state index contributed by atoms with van der Waals surface area (Å²) in [5.74, 6) is 0.451. The number of hydrogen-bond acceptors (Lipinski definition) is 5. The predicted octanol–water partition coefficient (Wildman–Crippen LogP) is 3.01. The number of hydrogen-bond donors (Lipinski definition) is 1. The molecule has 0 aliphatic carbocycles. The van der Waals surface area contributed by atoms with Crippen LogP contribution in [0.4, 0.5) is 4.79 Å². The SMILES string of the molecule is COc1cc(Cn2cc(COC(=O)NC(C)(C)C)cn2)cc(Cl)n1. The Morgan fingerprint density at radius 2 is 2.08 bits per heavy atom. The number of carbonyl (C=O) groups is 1. The molecule has 8 heteroatoms. The zero-order chi connectivity index (χ0) is 17.7. The van der Waals surface area contributed by atoms with E-state index in [0.717, 1.165) is 11.1 Å². The summed E-state index contributed by atoms with van der Waals surface area (Å²) in [6, 6.07) is 3.54. The van der Waals surface area contributed by atoms with Gasteiger partial charge in [-0.05, 0) is 32.4 Å². The lowest BCUT2D eigenvalue weighted by Crippen LogP contribution is -2.40. The zero-order valence-electron chi connectivity index (χ0n) is 14.2. The molecule has 0 saturated heterocycles. The summed E-state index contributed by atoms with van der Waals surface area (Å²) >= 11 is 5.95. The van der Waals surface area contributed by atoms with E-state index in [1.54, 1.807) is 23.0 Å². The molecular formula is C16H21ClN4O3. The molecule has 2 aromatic rings. The van der Waals surface area contributed by atoms with E-state index >= 15 is 0 Å². The molecular weight excluding hydrogens is 332 g/mol. The molecule has 0 atom stereocenters. The van der Waals surface area contributed by atoms with Crippen LogP contribution in [0.15, 0.2) is 24.5 Å². The van der Waals surface area contributed by atoms with Gasteiger partial charge in [0.2, 0.25) is 5.88 Å². The van der Waals surface area contributed by atoms with Gasteiger partial charge in [-0.25, -0.2) is 9.78 Å². The summed E-state index contributed by atoms with van der Waals surface area (Å²) in [7, 11) is 1.54. The highest BCUT2D eigenvalue weighted by atomic mass is 35.5. The second-order valence-corrected chi connectivity index (χ2v) is 6.73. The highest BCUT2D eigenvalue weighted by Gasteiger charge is 2.14. The van der Waals surface area contributed by atoms with Gasteiger partial charge in [0, 0.05) is 23.4 Å². The van der Waals surface area contributed by atoms with E-state index in [9.17, 15) is 4.79 Å². The molecule has 1 N–H and O–H groups in total. The van der Waals surface area contributed by atoms with Crippen molar-refractivity contribution in [1.29, 1.82) is 0 Å². The Morgan fingerprint density at radius 3 is 2.75 bits per heavy atom. The first kappa shape index (κ1) is 18.1. The predicted molar refractivity (Wildman–Crippen MR) is 90.2 cm³/mol. The number of nitrogens with one attached hydrogen (secondary N) is 1. The molecule has 0 radical (unpaired) electrons. The Bertz CT molecular complexity index is 710. The average molecular weight is 353 g/mol. The number of ether oxygens (including phenoxy) is 2. The van der Waals surface area contributed by atoms with Crippen LogP contribution in [0.3, 0.4) is 0 Å². The van der Waals surface area contributed by atoms with Crippen molar-refractivity contribution >= 4 is 17.7 Å². The third-order valence-corrected chi connectivity index (χ3v) is 3.11. The van der Waals surface area contributed by atoms with Crippen molar-refractivity contribution in [2.24, 2.45) is 0 Å². The average Bonchev–Trinajstić information content (AvgIpc) is 2.90. The van der Waals surface area contributed by atoms with Crippen molar-refractivity contribution in [3.63, 3.8) is 0 Å². The topological polar surface area (TPSA) is 78.3 Å². The number of nitrogens with zero attached hydrogens (tertiary/aromatic N) is 3. The highest BCUT2D eigenvalue weighted by Crippen LogP contribution is 2.17. The largest absolute Gasteiger partial charge is 0.481 e. The Morgan fingerprint density at radius 1 is 1.33 bits per heavy atom. The molecule has 2 rings (SSSR count).